The van der Waals surface area contributed by atoms with Crippen molar-refractivity contribution in [2.24, 2.45) is 0 Å². The molecule has 0 atom stereocenters. The molecular weight excluding hydrogens is 301 g/mol. The van der Waals surface area contributed by atoms with E-state index in [0.29, 0.717) is 24.2 Å². The summed E-state index contributed by atoms with van der Waals surface area (Å²) < 4.78 is 15.5. The van der Waals surface area contributed by atoms with Crippen molar-refractivity contribution in [1.82, 2.24) is 19.4 Å². The van der Waals surface area contributed by atoms with Crippen LogP contribution in [0.1, 0.15) is 19.8 Å². The van der Waals surface area contributed by atoms with Crippen molar-refractivity contribution in [3.05, 3.63) is 53.0 Å². The number of fused-ring (bicyclic) bond motifs is 1. The molecule has 1 aromatic carbocycles. The van der Waals surface area contributed by atoms with Crippen LogP contribution in [0.25, 0.3) is 16.7 Å². The molecule has 3 aromatic rings. The van der Waals surface area contributed by atoms with Gasteiger partial charge in [0.1, 0.15) is 17.5 Å². The molecule has 0 radical (unpaired) electrons. The average Bonchev–Trinajstić information content (AvgIpc) is 2.96. The molecule has 7 nitrogen and oxygen atoms in total. The van der Waals surface area contributed by atoms with Gasteiger partial charge in [-0.1, -0.05) is 6.92 Å². The van der Waals surface area contributed by atoms with Crippen LogP contribution in [0.4, 0.5) is 4.39 Å². The molecular formula is C15H14FN5O2. The molecule has 2 heterocycles. The summed E-state index contributed by atoms with van der Waals surface area (Å²) >= 11 is 0. The quantitative estimate of drug-likeness (QED) is 0.792. The molecule has 0 saturated carbocycles. The van der Waals surface area contributed by atoms with Crippen molar-refractivity contribution < 1.29 is 9.18 Å². The molecule has 3 rings (SSSR count). The number of nitrogens with one attached hydrogen (secondary N) is 1. The van der Waals surface area contributed by atoms with Gasteiger partial charge in [0.25, 0.3) is 5.56 Å². The highest BCUT2D eigenvalue weighted by molar-refractivity contribution is 5.84. The maximum absolute atomic E-state index is 13.0. The molecule has 0 unspecified atom stereocenters. The number of aromatic nitrogens is 4. The van der Waals surface area contributed by atoms with E-state index in [1.54, 1.807) is 0 Å². The molecule has 0 bridgehead atoms. The third-order valence-electron chi connectivity index (χ3n) is 3.28. The third kappa shape index (κ3) is 2.83. The first-order valence-corrected chi connectivity index (χ1v) is 7.11. The normalized spacial score (nSPS) is 10.9. The number of nitrogens with zero attached hydrogens (tertiary/aromatic N) is 4. The van der Waals surface area contributed by atoms with Crippen molar-refractivity contribution >= 4 is 16.9 Å². The molecule has 0 spiro atoms. The van der Waals surface area contributed by atoms with Crippen LogP contribution in [0.15, 0.2) is 41.6 Å². The van der Waals surface area contributed by atoms with Crippen LogP contribution in [-0.2, 0) is 4.79 Å². The van der Waals surface area contributed by atoms with Crippen molar-refractivity contribution in [2.45, 2.75) is 19.8 Å². The van der Waals surface area contributed by atoms with Gasteiger partial charge >= 0.3 is 0 Å². The Balaban J connectivity index is 2.02. The van der Waals surface area contributed by atoms with Crippen LogP contribution < -0.4 is 11.0 Å². The summed E-state index contributed by atoms with van der Waals surface area (Å²) in [7, 11) is 0. The van der Waals surface area contributed by atoms with E-state index in [2.05, 4.69) is 15.5 Å². The van der Waals surface area contributed by atoms with Gasteiger partial charge in [-0.25, -0.2) is 18.7 Å². The zero-order valence-electron chi connectivity index (χ0n) is 12.4. The molecule has 23 heavy (non-hydrogen) atoms. The first-order valence-electron chi connectivity index (χ1n) is 7.11. The van der Waals surface area contributed by atoms with Crippen molar-refractivity contribution in [2.75, 3.05) is 5.43 Å². The minimum atomic E-state index is -0.423. The topological polar surface area (TPSA) is 81.8 Å². The summed E-state index contributed by atoms with van der Waals surface area (Å²) in [5, 5.41) is 4.38. The maximum atomic E-state index is 13.0. The molecule has 0 saturated heterocycles. The summed E-state index contributed by atoms with van der Waals surface area (Å²) in [5.41, 5.74) is 2.97. The van der Waals surface area contributed by atoms with E-state index >= 15 is 0 Å². The van der Waals surface area contributed by atoms with Crippen LogP contribution in [0.2, 0.25) is 0 Å². The zero-order valence-corrected chi connectivity index (χ0v) is 12.4. The summed E-state index contributed by atoms with van der Waals surface area (Å²) in [6.07, 6.45) is 3.61. The van der Waals surface area contributed by atoms with Crippen LogP contribution in [0, 0.1) is 5.82 Å². The van der Waals surface area contributed by atoms with Crippen molar-refractivity contribution in [3.63, 3.8) is 0 Å². The van der Waals surface area contributed by atoms with Crippen LogP contribution in [0.5, 0.6) is 0 Å². The molecule has 0 aliphatic rings. The van der Waals surface area contributed by atoms with Crippen LogP contribution in [0.3, 0.4) is 0 Å². The lowest BCUT2D eigenvalue weighted by Gasteiger charge is -2.07. The Morgan fingerprint density at radius 1 is 1.30 bits per heavy atom. The van der Waals surface area contributed by atoms with Gasteiger partial charge in [0.15, 0.2) is 5.65 Å². The van der Waals surface area contributed by atoms with Crippen molar-refractivity contribution in [3.8, 4) is 5.69 Å². The Morgan fingerprint density at radius 3 is 2.74 bits per heavy atom. The summed E-state index contributed by atoms with van der Waals surface area (Å²) in [4.78, 5) is 28.1. The highest BCUT2D eigenvalue weighted by Gasteiger charge is 2.12. The Bertz CT molecular complexity index is 914. The second-order valence-corrected chi connectivity index (χ2v) is 4.97. The molecule has 0 aliphatic heterocycles. The number of halogens is 1. The number of carbonyl (C=O) groups is 1. The molecule has 1 amide bonds. The summed E-state index contributed by atoms with van der Waals surface area (Å²) in [5.74, 6) is -0.624. The number of carbonyl (C=O) groups excluding carboxylic acids is 1. The standard InChI is InChI=1S/C15H14FN5O2/c1-2-3-13(22)19-20-9-17-14-12(15(20)23)8-18-21(14)11-6-4-10(16)5-7-11/h4-9H,2-3H2,1H3,(H,19,22). The lowest BCUT2D eigenvalue weighted by Crippen LogP contribution is -2.33. The Hall–Kier alpha value is -3.03. The van der Waals surface area contributed by atoms with Gasteiger partial charge < -0.3 is 0 Å². The highest BCUT2D eigenvalue weighted by Crippen LogP contribution is 2.13. The number of hydrogen-bond acceptors (Lipinski definition) is 4. The Labute approximate surface area is 130 Å². The molecule has 0 fully saturated rings. The van der Waals surface area contributed by atoms with Gasteiger partial charge in [0.05, 0.1) is 11.9 Å². The minimum absolute atomic E-state index is 0.258. The van der Waals surface area contributed by atoms with E-state index in [9.17, 15) is 14.0 Å². The van der Waals surface area contributed by atoms with E-state index in [-0.39, 0.29) is 17.1 Å². The second kappa shape index (κ2) is 5.99. The first-order chi connectivity index (χ1) is 11.1. The summed E-state index contributed by atoms with van der Waals surface area (Å²) in [6, 6.07) is 5.68. The third-order valence-corrected chi connectivity index (χ3v) is 3.28. The zero-order chi connectivity index (χ0) is 16.4. The fourth-order valence-corrected chi connectivity index (χ4v) is 2.18. The molecule has 118 valence electrons. The van der Waals surface area contributed by atoms with Gasteiger partial charge in [-0.3, -0.25) is 15.0 Å². The van der Waals surface area contributed by atoms with E-state index in [1.807, 2.05) is 6.92 Å². The van der Waals surface area contributed by atoms with Gasteiger partial charge in [-0.15, -0.1) is 0 Å². The van der Waals surface area contributed by atoms with E-state index in [0.717, 1.165) is 4.68 Å². The highest BCUT2D eigenvalue weighted by atomic mass is 19.1. The van der Waals surface area contributed by atoms with Crippen LogP contribution in [-0.4, -0.2) is 25.3 Å². The average molecular weight is 315 g/mol. The number of benzene rings is 1. The van der Waals surface area contributed by atoms with E-state index in [4.69, 9.17) is 0 Å². The molecule has 1 N–H and O–H groups in total. The lowest BCUT2D eigenvalue weighted by atomic mass is 10.3. The minimum Gasteiger partial charge on any atom is -0.273 e. The fourth-order valence-electron chi connectivity index (χ4n) is 2.18. The second-order valence-electron chi connectivity index (χ2n) is 4.97. The fraction of sp³-hybridized carbons (Fsp3) is 0.200. The Morgan fingerprint density at radius 2 is 2.04 bits per heavy atom. The number of rotatable bonds is 4. The monoisotopic (exact) mass is 315 g/mol. The van der Waals surface area contributed by atoms with E-state index < -0.39 is 5.56 Å². The van der Waals surface area contributed by atoms with Gasteiger partial charge in [0, 0.05) is 6.42 Å². The maximum Gasteiger partial charge on any atom is 0.283 e. The SMILES string of the molecule is CCCC(=O)Nn1cnc2c(cnn2-c2ccc(F)cc2)c1=O. The first kappa shape index (κ1) is 14.9. The van der Waals surface area contributed by atoms with E-state index in [1.165, 1.54) is 41.5 Å². The molecule has 2 aromatic heterocycles. The smallest absolute Gasteiger partial charge is 0.273 e. The van der Waals surface area contributed by atoms with Gasteiger partial charge in [-0.05, 0) is 30.7 Å². The van der Waals surface area contributed by atoms with Crippen LogP contribution >= 0.6 is 0 Å². The predicted molar refractivity (Wildman–Crippen MR) is 82.4 cm³/mol. The Kier molecular flexibility index (Phi) is 3.88. The molecule has 8 heteroatoms. The largest absolute Gasteiger partial charge is 0.283 e. The lowest BCUT2D eigenvalue weighted by molar-refractivity contribution is -0.117. The van der Waals surface area contributed by atoms with Gasteiger partial charge in [0.2, 0.25) is 5.91 Å². The van der Waals surface area contributed by atoms with Crippen molar-refractivity contribution in [1.29, 1.82) is 0 Å². The summed E-state index contributed by atoms with van der Waals surface area (Å²) in [6.45, 7) is 1.87. The predicted octanol–water partition coefficient (Wildman–Crippen LogP) is 1.59. The number of amides is 1. The van der Waals surface area contributed by atoms with Gasteiger partial charge in [-0.2, -0.15) is 5.10 Å². The number of hydrogen-bond donors (Lipinski definition) is 1. The molecule has 0 aliphatic carbocycles.